The first kappa shape index (κ1) is 20.5. The first-order valence-electron chi connectivity index (χ1n) is 12.3. The van der Waals surface area contributed by atoms with E-state index in [2.05, 4.69) is 0 Å². The predicted molar refractivity (Wildman–Crippen MR) is 116 cm³/mol. The number of carboxylic acid groups (broad SMARTS) is 1. The Balaban J connectivity index is 1.47. The number of carbonyl (C=O) groups is 2. The lowest BCUT2D eigenvalue weighted by Gasteiger charge is -2.57. The van der Waals surface area contributed by atoms with E-state index in [0.29, 0.717) is 25.3 Å². The first-order chi connectivity index (χ1) is 15.4. The minimum Gasteiger partial charge on any atom is -0.493 e. The van der Waals surface area contributed by atoms with E-state index in [1.807, 2.05) is 0 Å². The molecule has 6 heteroatoms. The second kappa shape index (κ2) is 7.19. The van der Waals surface area contributed by atoms with Crippen molar-refractivity contribution in [3.05, 3.63) is 28.6 Å². The van der Waals surface area contributed by atoms with Crippen LogP contribution in [0.1, 0.15) is 91.6 Å². The van der Waals surface area contributed by atoms with Crippen molar-refractivity contribution in [1.29, 1.82) is 0 Å². The highest BCUT2D eigenvalue weighted by atomic mass is 19.1. The zero-order valence-corrected chi connectivity index (χ0v) is 18.7. The zero-order valence-electron chi connectivity index (χ0n) is 18.7. The summed E-state index contributed by atoms with van der Waals surface area (Å²) in [5.74, 6) is 0.665. The summed E-state index contributed by atoms with van der Waals surface area (Å²) >= 11 is 0. The molecule has 5 nitrogen and oxygen atoms in total. The van der Waals surface area contributed by atoms with Gasteiger partial charge >= 0.3 is 5.97 Å². The molecule has 172 valence electrons. The third-order valence-electron chi connectivity index (χ3n) is 9.07. The number of likely N-dealkylation sites (tertiary alicyclic amines) is 1. The highest BCUT2D eigenvalue weighted by Crippen LogP contribution is 2.64. The maximum Gasteiger partial charge on any atom is 0.326 e. The number of halogens is 1. The van der Waals surface area contributed by atoms with Crippen molar-refractivity contribution < 1.29 is 23.8 Å². The predicted octanol–water partition coefficient (Wildman–Crippen LogP) is 4.87. The Bertz CT molecular complexity index is 949. The van der Waals surface area contributed by atoms with Gasteiger partial charge in [-0.1, -0.05) is 0 Å². The number of nitrogens with zero attached hydrogens (tertiary/aromatic N) is 1. The van der Waals surface area contributed by atoms with Crippen molar-refractivity contribution in [2.24, 2.45) is 17.8 Å². The number of methoxy groups -OCH3 is 1. The van der Waals surface area contributed by atoms with Crippen LogP contribution >= 0.6 is 0 Å². The van der Waals surface area contributed by atoms with Gasteiger partial charge in [0, 0.05) is 17.5 Å². The van der Waals surface area contributed by atoms with Crippen molar-refractivity contribution >= 4 is 11.9 Å². The third kappa shape index (κ3) is 3.01. The van der Waals surface area contributed by atoms with E-state index >= 15 is 4.39 Å². The van der Waals surface area contributed by atoms with Crippen LogP contribution in [-0.4, -0.2) is 41.6 Å². The van der Waals surface area contributed by atoms with Crippen LogP contribution in [0.4, 0.5) is 4.39 Å². The number of ether oxygens (including phenoxy) is 1. The molecule has 5 aliphatic carbocycles. The van der Waals surface area contributed by atoms with E-state index in [-0.39, 0.29) is 16.7 Å². The molecular weight excluding hydrogens is 409 g/mol. The molecule has 6 fully saturated rings. The van der Waals surface area contributed by atoms with Gasteiger partial charge in [0.05, 0.1) is 12.7 Å². The molecule has 0 spiro atoms. The summed E-state index contributed by atoms with van der Waals surface area (Å²) in [4.78, 5) is 26.3. The van der Waals surface area contributed by atoms with Crippen LogP contribution in [-0.2, 0) is 10.2 Å². The molecule has 1 aliphatic heterocycles. The monoisotopic (exact) mass is 441 g/mol. The van der Waals surface area contributed by atoms with Crippen LogP contribution in [0.2, 0.25) is 0 Å². The van der Waals surface area contributed by atoms with Gasteiger partial charge in [0.15, 0.2) is 11.6 Å². The number of aliphatic carboxylic acids is 1. The van der Waals surface area contributed by atoms with E-state index in [1.165, 1.54) is 31.3 Å². The summed E-state index contributed by atoms with van der Waals surface area (Å²) in [7, 11) is 1.52. The van der Waals surface area contributed by atoms with Gasteiger partial charge in [0.2, 0.25) is 0 Å². The summed E-state index contributed by atoms with van der Waals surface area (Å²) in [6, 6.07) is 0.906. The maximum absolute atomic E-state index is 16.0. The molecule has 1 N–H and O–H groups in total. The molecule has 1 heterocycles. The molecule has 5 saturated carbocycles. The minimum absolute atomic E-state index is 0.00891. The van der Waals surface area contributed by atoms with Crippen molar-refractivity contribution in [1.82, 2.24) is 4.90 Å². The Kier molecular flexibility index (Phi) is 4.61. The lowest BCUT2D eigenvalue weighted by atomic mass is 9.47. The average Bonchev–Trinajstić information content (AvgIpc) is 3.47. The molecule has 0 radical (unpaired) electrons. The van der Waals surface area contributed by atoms with Crippen molar-refractivity contribution in [2.75, 3.05) is 13.7 Å². The topological polar surface area (TPSA) is 66.8 Å². The van der Waals surface area contributed by atoms with Crippen molar-refractivity contribution in [2.45, 2.75) is 81.6 Å². The second-order valence-electron chi connectivity index (χ2n) is 11.2. The number of carbonyl (C=O) groups excluding carboxylic acids is 1. The SMILES string of the molecule is COc1c(F)c(C(=O)N2CCC[C@H]2C(=O)O)cc(C2CC2)c1C12CC3CC(CC(C3)C1)C2. The van der Waals surface area contributed by atoms with E-state index in [1.54, 1.807) is 6.07 Å². The lowest BCUT2D eigenvalue weighted by Crippen LogP contribution is -2.49. The Hall–Kier alpha value is -2.11. The largest absolute Gasteiger partial charge is 0.493 e. The molecule has 1 atom stereocenters. The summed E-state index contributed by atoms with van der Waals surface area (Å²) in [6.07, 6.45) is 10.4. The second-order valence-corrected chi connectivity index (χ2v) is 11.2. The van der Waals surface area contributed by atoms with Crippen LogP contribution in [0, 0.1) is 23.6 Å². The normalized spacial score (nSPS) is 35.4. The van der Waals surface area contributed by atoms with Gasteiger partial charge in [-0.25, -0.2) is 9.18 Å². The van der Waals surface area contributed by atoms with E-state index in [9.17, 15) is 14.7 Å². The number of hydrogen-bond acceptors (Lipinski definition) is 3. The summed E-state index contributed by atoms with van der Waals surface area (Å²) in [6.45, 7) is 0.354. The lowest BCUT2D eigenvalue weighted by molar-refractivity contribution is -0.141. The zero-order chi connectivity index (χ0) is 22.2. The number of rotatable bonds is 5. The molecule has 1 amide bonds. The smallest absolute Gasteiger partial charge is 0.326 e. The maximum atomic E-state index is 16.0. The Morgan fingerprint density at radius 2 is 1.72 bits per heavy atom. The number of benzene rings is 1. The third-order valence-corrected chi connectivity index (χ3v) is 9.07. The molecule has 1 saturated heterocycles. The molecule has 6 aliphatic rings. The molecule has 1 aromatic rings. The number of amides is 1. The summed E-state index contributed by atoms with van der Waals surface area (Å²) in [5.41, 5.74) is 2.11. The molecule has 0 aromatic heterocycles. The van der Waals surface area contributed by atoms with E-state index < -0.39 is 23.7 Å². The molecule has 32 heavy (non-hydrogen) atoms. The van der Waals surface area contributed by atoms with Gasteiger partial charge in [-0.05, 0) is 99.5 Å². The fourth-order valence-corrected chi connectivity index (χ4v) is 8.10. The van der Waals surface area contributed by atoms with Gasteiger partial charge < -0.3 is 14.7 Å². The van der Waals surface area contributed by atoms with Gasteiger partial charge in [-0.3, -0.25) is 4.79 Å². The molecule has 7 rings (SSSR count). The average molecular weight is 442 g/mol. The molecule has 0 unspecified atom stereocenters. The standard InChI is InChI=1S/C26H32FNO4/c1-32-23-21(26-11-14-7-15(12-26)9-16(8-14)13-26)18(17-4-5-17)10-19(22(23)27)24(29)28-6-2-3-20(28)25(30)31/h10,14-17,20H,2-9,11-13H2,1H3,(H,30,31)/t14?,15?,16?,20-,26?/m0/s1. The van der Waals surface area contributed by atoms with Crippen LogP contribution < -0.4 is 4.74 Å². The van der Waals surface area contributed by atoms with Crippen LogP contribution in [0.25, 0.3) is 0 Å². The highest BCUT2D eigenvalue weighted by Gasteiger charge is 2.54. The molecule has 1 aromatic carbocycles. The first-order valence-corrected chi connectivity index (χ1v) is 12.3. The summed E-state index contributed by atoms with van der Waals surface area (Å²) in [5, 5.41) is 9.53. The van der Waals surface area contributed by atoms with Gasteiger partial charge in [-0.15, -0.1) is 0 Å². The van der Waals surface area contributed by atoms with Crippen LogP contribution in [0.3, 0.4) is 0 Å². The fourth-order valence-electron chi connectivity index (χ4n) is 8.10. The summed E-state index contributed by atoms with van der Waals surface area (Å²) < 4.78 is 21.7. The van der Waals surface area contributed by atoms with E-state index in [4.69, 9.17) is 4.74 Å². The number of carboxylic acids is 1. The van der Waals surface area contributed by atoms with Crippen molar-refractivity contribution in [3.8, 4) is 5.75 Å². The Morgan fingerprint density at radius 3 is 2.25 bits per heavy atom. The van der Waals surface area contributed by atoms with Gasteiger partial charge in [0.1, 0.15) is 6.04 Å². The highest BCUT2D eigenvalue weighted by molar-refractivity contribution is 5.98. The van der Waals surface area contributed by atoms with Crippen LogP contribution in [0.5, 0.6) is 5.75 Å². The molecular formula is C26H32FNO4. The molecule has 4 bridgehead atoms. The Labute approximate surface area is 188 Å². The van der Waals surface area contributed by atoms with E-state index in [0.717, 1.165) is 61.0 Å². The Morgan fingerprint density at radius 1 is 1.09 bits per heavy atom. The number of hydrogen-bond donors (Lipinski definition) is 1. The van der Waals surface area contributed by atoms with Crippen molar-refractivity contribution in [3.63, 3.8) is 0 Å². The van der Waals surface area contributed by atoms with Crippen LogP contribution in [0.15, 0.2) is 6.07 Å². The van der Waals surface area contributed by atoms with Gasteiger partial charge in [-0.2, -0.15) is 0 Å². The quantitative estimate of drug-likeness (QED) is 0.708. The van der Waals surface area contributed by atoms with Gasteiger partial charge in [0.25, 0.3) is 5.91 Å². The minimum atomic E-state index is -1.02. The fraction of sp³-hybridized carbons (Fsp3) is 0.692.